The summed E-state index contributed by atoms with van der Waals surface area (Å²) in [7, 11) is 1.20. The SMILES string of the molecule is COC(C)(C)[C@H](NC(=O)C(F)(F)F)C(=O)N1C[C@H]2C[C@@]1(C(=O)N[C@H](C#N)C[C@@H]1CC(C)(C)NC1=O)C2(C)C. The van der Waals surface area contributed by atoms with E-state index >= 15 is 0 Å². The molecular weight excluding hydrogens is 507 g/mol. The van der Waals surface area contributed by atoms with Gasteiger partial charge in [0.25, 0.3) is 0 Å². The van der Waals surface area contributed by atoms with Crippen molar-refractivity contribution < 1.29 is 37.1 Å². The number of carbonyl (C=O) groups is 4. The molecule has 5 atom stereocenters. The lowest BCUT2D eigenvalue weighted by molar-refractivity contribution is -0.179. The third-order valence-electron chi connectivity index (χ3n) is 8.71. The Labute approximate surface area is 220 Å². The standard InChI is InChI=1S/C25H36F3N5O5/c1-21(2)9-13(17(34)32-21)8-15(11-29)30-19(36)24-10-14(22(24,3)4)12-33(24)18(35)16(23(5,6)38-7)31-20(37)25(26,27)28/h13-16H,8-10,12H2,1-7H3,(H,30,36)(H,31,37)(H,32,34)/t13-,14-,15+,16-,24-/m1/s1. The van der Waals surface area contributed by atoms with Gasteiger partial charge in [-0.3, -0.25) is 19.2 Å². The molecule has 212 valence electrons. The molecule has 38 heavy (non-hydrogen) atoms. The zero-order chi connectivity index (χ0) is 29.1. The van der Waals surface area contributed by atoms with Crippen LogP contribution in [0, 0.1) is 28.6 Å². The molecule has 10 nitrogen and oxygen atoms in total. The molecule has 4 amide bonds. The van der Waals surface area contributed by atoms with Gasteiger partial charge in [0.1, 0.15) is 17.6 Å². The monoisotopic (exact) mass is 543 g/mol. The van der Waals surface area contributed by atoms with Crippen molar-refractivity contribution in [1.82, 2.24) is 20.9 Å². The van der Waals surface area contributed by atoms with Gasteiger partial charge in [0.2, 0.25) is 17.7 Å². The van der Waals surface area contributed by atoms with Crippen LogP contribution < -0.4 is 16.0 Å². The minimum absolute atomic E-state index is 0.0758. The molecule has 2 bridgehead atoms. The summed E-state index contributed by atoms with van der Waals surface area (Å²) in [5.41, 5.74) is -4.18. The van der Waals surface area contributed by atoms with Crippen molar-refractivity contribution in [2.45, 2.75) is 95.7 Å². The largest absolute Gasteiger partial charge is 0.471 e. The van der Waals surface area contributed by atoms with Gasteiger partial charge in [-0.15, -0.1) is 0 Å². The highest BCUT2D eigenvalue weighted by molar-refractivity contribution is 5.98. The van der Waals surface area contributed by atoms with Crippen molar-refractivity contribution in [2.24, 2.45) is 17.3 Å². The van der Waals surface area contributed by atoms with E-state index < -0.39 is 64.0 Å². The minimum atomic E-state index is -5.23. The van der Waals surface area contributed by atoms with Crippen LogP contribution in [0.25, 0.3) is 0 Å². The van der Waals surface area contributed by atoms with Gasteiger partial charge in [-0.2, -0.15) is 18.4 Å². The number of carbonyl (C=O) groups excluding carboxylic acids is 4. The molecule has 0 unspecified atom stereocenters. The van der Waals surface area contributed by atoms with Crippen LogP contribution in [0.5, 0.6) is 0 Å². The molecule has 1 aliphatic carbocycles. The van der Waals surface area contributed by atoms with Crippen LogP contribution in [0.4, 0.5) is 13.2 Å². The quantitative estimate of drug-likeness (QED) is 0.423. The summed E-state index contributed by atoms with van der Waals surface area (Å²) in [6, 6.07) is -0.743. The van der Waals surface area contributed by atoms with E-state index in [-0.39, 0.29) is 31.2 Å². The normalized spacial score (nSPS) is 29.0. The van der Waals surface area contributed by atoms with Gasteiger partial charge in [-0.25, -0.2) is 0 Å². The molecule has 0 radical (unpaired) electrons. The molecule has 4 aliphatic rings. The number of nitrogens with zero attached hydrogens (tertiary/aromatic N) is 2. The molecule has 4 fully saturated rings. The third-order valence-corrected chi connectivity index (χ3v) is 8.71. The van der Waals surface area contributed by atoms with E-state index in [1.54, 1.807) is 19.2 Å². The zero-order valence-corrected chi connectivity index (χ0v) is 22.7. The van der Waals surface area contributed by atoms with Crippen molar-refractivity contribution >= 4 is 23.6 Å². The maximum Gasteiger partial charge on any atom is 0.471 e. The molecule has 3 heterocycles. The number of nitriles is 1. The van der Waals surface area contributed by atoms with Crippen molar-refractivity contribution in [3.8, 4) is 6.07 Å². The number of hydrogen-bond donors (Lipinski definition) is 3. The van der Waals surface area contributed by atoms with Gasteiger partial charge in [0, 0.05) is 30.5 Å². The van der Waals surface area contributed by atoms with E-state index in [4.69, 9.17) is 4.74 Å². The molecule has 0 aromatic carbocycles. The van der Waals surface area contributed by atoms with E-state index in [0.29, 0.717) is 6.42 Å². The molecular formula is C25H36F3N5O5. The first-order valence-corrected chi connectivity index (χ1v) is 12.5. The lowest BCUT2D eigenvalue weighted by Crippen LogP contribution is -2.72. The van der Waals surface area contributed by atoms with E-state index in [9.17, 15) is 37.6 Å². The number of methoxy groups -OCH3 is 1. The fourth-order valence-electron chi connectivity index (χ4n) is 6.11. The number of halogens is 3. The number of fused-ring (bicyclic) bond motifs is 1. The van der Waals surface area contributed by atoms with Crippen molar-refractivity contribution in [1.29, 1.82) is 5.26 Å². The third kappa shape index (κ3) is 4.83. The van der Waals surface area contributed by atoms with Gasteiger partial charge in [0.15, 0.2) is 0 Å². The Morgan fingerprint density at radius 2 is 1.79 bits per heavy atom. The van der Waals surface area contributed by atoms with Gasteiger partial charge in [0.05, 0.1) is 11.7 Å². The predicted octanol–water partition coefficient (Wildman–Crippen LogP) is 1.40. The predicted molar refractivity (Wildman–Crippen MR) is 128 cm³/mol. The second-order valence-electron chi connectivity index (χ2n) is 12.3. The second kappa shape index (κ2) is 9.39. The number of ether oxygens (including phenoxy) is 1. The Morgan fingerprint density at radius 3 is 2.24 bits per heavy atom. The van der Waals surface area contributed by atoms with Gasteiger partial charge < -0.3 is 25.6 Å². The molecule has 0 aromatic rings. The minimum Gasteiger partial charge on any atom is -0.376 e. The topological polar surface area (TPSA) is 141 Å². The van der Waals surface area contributed by atoms with Crippen LogP contribution in [0.3, 0.4) is 0 Å². The summed E-state index contributed by atoms with van der Waals surface area (Å²) < 4.78 is 44.5. The molecule has 0 spiro atoms. The lowest BCUT2D eigenvalue weighted by Gasteiger charge is -2.55. The summed E-state index contributed by atoms with van der Waals surface area (Å²) in [5.74, 6) is -4.63. The highest BCUT2D eigenvalue weighted by atomic mass is 19.4. The molecule has 3 N–H and O–H groups in total. The second-order valence-corrected chi connectivity index (χ2v) is 12.3. The Bertz CT molecular complexity index is 1070. The summed E-state index contributed by atoms with van der Waals surface area (Å²) >= 11 is 0. The number of nitrogens with one attached hydrogen (secondary N) is 3. The summed E-state index contributed by atoms with van der Waals surface area (Å²) in [4.78, 5) is 52.9. The highest BCUT2D eigenvalue weighted by Crippen LogP contribution is 2.64. The Kier molecular flexibility index (Phi) is 7.34. The van der Waals surface area contributed by atoms with E-state index in [0.717, 1.165) is 0 Å². The van der Waals surface area contributed by atoms with Crippen LogP contribution in [0.1, 0.15) is 60.8 Å². The van der Waals surface area contributed by atoms with Crippen LogP contribution in [-0.2, 0) is 23.9 Å². The average molecular weight is 544 g/mol. The first-order chi connectivity index (χ1) is 17.2. The first kappa shape index (κ1) is 29.7. The van der Waals surface area contributed by atoms with Crippen LogP contribution in [0.2, 0.25) is 0 Å². The lowest BCUT2D eigenvalue weighted by atomic mass is 9.52. The van der Waals surface area contributed by atoms with Crippen LogP contribution in [0.15, 0.2) is 0 Å². The zero-order valence-electron chi connectivity index (χ0n) is 22.7. The van der Waals surface area contributed by atoms with Crippen LogP contribution in [-0.4, -0.2) is 77.1 Å². The average Bonchev–Trinajstić information content (AvgIpc) is 3.41. The van der Waals surface area contributed by atoms with Crippen molar-refractivity contribution in [2.75, 3.05) is 13.7 Å². The Hall–Kier alpha value is -2.88. The summed E-state index contributed by atoms with van der Waals surface area (Å²) in [5, 5.41) is 17.0. The highest BCUT2D eigenvalue weighted by Gasteiger charge is 2.74. The van der Waals surface area contributed by atoms with Gasteiger partial charge in [-0.1, -0.05) is 13.8 Å². The summed E-state index contributed by atoms with van der Waals surface area (Å²) in [6.45, 7) is 10.1. The number of alkyl halides is 3. The molecule has 1 saturated carbocycles. The molecule has 13 heteroatoms. The molecule has 0 aromatic heterocycles. The molecule has 3 saturated heterocycles. The number of hydrogen-bond acceptors (Lipinski definition) is 6. The number of rotatable bonds is 8. The Morgan fingerprint density at radius 1 is 1.18 bits per heavy atom. The maximum atomic E-state index is 13.8. The van der Waals surface area contributed by atoms with E-state index in [1.165, 1.54) is 25.9 Å². The van der Waals surface area contributed by atoms with Crippen molar-refractivity contribution in [3.63, 3.8) is 0 Å². The fourth-order valence-corrected chi connectivity index (χ4v) is 6.11. The fraction of sp³-hybridized carbons (Fsp3) is 0.800. The molecule has 3 aliphatic heterocycles. The van der Waals surface area contributed by atoms with E-state index in [1.807, 2.05) is 19.9 Å². The summed E-state index contributed by atoms with van der Waals surface area (Å²) in [6.07, 6.45) is -4.42. The Balaban J connectivity index is 1.87. The smallest absolute Gasteiger partial charge is 0.376 e. The maximum absolute atomic E-state index is 13.8. The number of amides is 4. The van der Waals surface area contributed by atoms with E-state index in [2.05, 4.69) is 10.6 Å². The first-order valence-electron chi connectivity index (χ1n) is 12.5. The van der Waals surface area contributed by atoms with Crippen LogP contribution >= 0.6 is 0 Å². The van der Waals surface area contributed by atoms with Gasteiger partial charge >= 0.3 is 12.1 Å². The van der Waals surface area contributed by atoms with Crippen molar-refractivity contribution in [3.05, 3.63) is 0 Å². The van der Waals surface area contributed by atoms with Gasteiger partial charge in [-0.05, 0) is 52.9 Å². The molecule has 4 rings (SSSR count).